The monoisotopic (exact) mass is 375 g/mol. The highest BCUT2D eigenvalue weighted by Gasteiger charge is 2.10. The van der Waals surface area contributed by atoms with E-state index in [4.69, 9.17) is 0 Å². The number of aromatic nitrogens is 5. The molecule has 0 unspecified atom stereocenters. The van der Waals surface area contributed by atoms with E-state index in [0.29, 0.717) is 17.5 Å². The van der Waals surface area contributed by atoms with Crippen LogP contribution in [0.1, 0.15) is 0 Å². The number of pyridine rings is 1. The fourth-order valence-corrected chi connectivity index (χ4v) is 3.55. The molecule has 0 fully saturated rings. The van der Waals surface area contributed by atoms with Gasteiger partial charge in [-0.25, -0.2) is 4.98 Å². The Morgan fingerprint density at radius 1 is 1.00 bits per heavy atom. The number of aromatic amines is 2. The molecule has 0 aliphatic carbocycles. The van der Waals surface area contributed by atoms with Crippen molar-refractivity contribution in [3.8, 4) is 0 Å². The third-order valence-electron chi connectivity index (χ3n) is 4.05. The van der Waals surface area contributed by atoms with E-state index < -0.39 is 0 Å². The molecule has 0 aliphatic rings. The second kappa shape index (κ2) is 6.22. The highest BCUT2D eigenvalue weighted by atomic mass is 32.1. The molecule has 0 saturated carbocycles. The van der Waals surface area contributed by atoms with Gasteiger partial charge in [-0.05, 0) is 35.7 Å². The van der Waals surface area contributed by atoms with Crippen molar-refractivity contribution >= 4 is 55.6 Å². The zero-order chi connectivity index (χ0) is 18.2. The number of H-pyrrole nitrogens is 2. The average Bonchev–Trinajstić information content (AvgIpc) is 3.32. The van der Waals surface area contributed by atoms with Gasteiger partial charge in [0.1, 0.15) is 0 Å². The normalized spacial score (nSPS) is 11.1. The van der Waals surface area contributed by atoms with Crippen LogP contribution in [0.4, 0.5) is 23.1 Å². The van der Waals surface area contributed by atoms with Crippen LogP contribution in [-0.2, 0) is 0 Å². The minimum absolute atomic E-state index is 0.160. The van der Waals surface area contributed by atoms with Crippen molar-refractivity contribution in [1.29, 1.82) is 0 Å². The van der Waals surface area contributed by atoms with Gasteiger partial charge in [0.25, 0.3) is 0 Å². The Labute approximate surface area is 156 Å². The maximum atomic E-state index is 11.2. The van der Waals surface area contributed by atoms with Crippen LogP contribution in [0.3, 0.4) is 0 Å². The minimum Gasteiger partial charge on any atom is -0.339 e. The Bertz CT molecular complexity index is 1300. The van der Waals surface area contributed by atoms with Crippen LogP contribution < -0.4 is 16.2 Å². The van der Waals surface area contributed by atoms with Crippen LogP contribution in [0.15, 0.2) is 59.0 Å². The summed E-state index contributed by atoms with van der Waals surface area (Å²) in [5.74, 6) is 1.16. The molecule has 0 atom stereocenters. The Kier molecular flexibility index (Phi) is 3.58. The molecule has 132 valence electrons. The van der Waals surface area contributed by atoms with Gasteiger partial charge in [-0.3, -0.25) is 9.89 Å². The molecule has 1 aromatic carbocycles. The van der Waals surface area contributed by atoms with Gasteiger partial charge < -0.3 is 15.6 Å². The van der Waals surface area contributed by atoms with Gasteiger partial charge in [-0.1, -0.05) is 0 Å². The zero-order valence-electron chi connectivity index (χ0n) is 13.9. The zero-order valence-corrected chi connectivity index (χ0v) is 14.7. The van der Waals surface area contributed by atoms with Crippen molar-refractivity contribution in [3.63, 3.8) is 0 Å². The first-order chi connectivity index (χ1) is 13.2. The summed E-state index contributed by atoms with van der Waals surface area (Å²) >= 11 is 1.57. The molecule has 0 amide bonds. The van der Waals surface area contributed by atoms with E-state index >= 15 is 0 Å². The molecule has 4 N–H and O–H groups in total. The van der Waals surface area contributed by atoms with Gasteiger partial charge in [0.05, 0.1) is 27.6 Å². The SMILES string of the molecule is O=c1ccc(Nc2nc(Nc3ccc4[nH]ncc4c3)c3sccc3n2)c[nH]1. The van der Waals surface area contributed by atoms with Crippen LogP contribution in [-0.4, -0.2) is 25.1 Å². The number of thiophene rings is 1. The Morgan fingerprint density at radius 3 is 2.81 bits per heavy atom. The Hall–Kier alpha value is -3.72. The molecule has 4 aromatic heterocycles. The van der Waals surface area contributed by atoms with Crippen molar-refractivity contribution < 1.29 is 0 Å². The predicted octanol–water partition coefficient (Wildman–Crippen LogP) is 3.74. The molecule has 0 saturated heterocycles. The van der Waals surface area contributed by atoms with Crippen molar-refractivity contribution in [2.45, 2.75) is 0 Å². The van der Waals surface area contributed by atoms with Gasteiger partial charge in [-0.2, -0.15) is 10.1 Å². The number of fused-ring (bicyclic) bond motifs is 2. The lowest BCUT2D eigenvalue weighted by atomic mass is 10.2. The highest BCUT2D eigenvalue weighted by molar-refractivity contribution is 7.17. The summed E-state index contributed by atoms with van der Waals surface area (Å²) in [7, 11) is 0. The van der Waals surface area contributed by atoms with E-state index in [-0.39, 0.29) is 5.56 Å². The quantitative estimate of drug-likeness (QED) is 0.381. The van der Waals surface area contributed by atoms with Crippen LogP contribution in [0.5, 0.6) is 0 Å². The summed E-state index contributed by atoms with van der Waals surface area (Å²) < 4.78 is 0.967. The molecule has 27 heavy (non-hydrogen) atoms. The molecule has 0 radical (unpaired) electrons. The van der Waals surface area contributed by atoms with E-state index in [0.717, 1.165) is 26.8 Å². The topological polar surface area (TPSA) is 111 Å². The third-order valence-corrected chi connectivity index (χ3v) is 4.96. The third kappa shape index (κ3) is 3.00. The van der Waals surface area contributed by atoms with Gasteiger partial charge >= 0.3 is 0 Å². The first kappa shape index (κ1) is 15.5. The number of rotatable bonds is 4. The first-order valence-corrected chi connectivity index (χ1v) is 9.04. The standard InChI is InChI=1S/C18H13N7OS/c26-15-4-2-12(9-19-15)22-18-23-14-5-6-27-16(14)17(24-18)21-11-1-3-13-10(7-11)8-20-25-13/h1-9H,(H,19,26)(H,20,25)(H2,21,22,23,24). The molecule has 0 spiro atoms. The minimum atomic E-state index is -0.160. The smallest absolute Gasteiger partial charge is 0.248 e. The largest absolute Gasteiger partial charge is 0.339 e. The van der Waals surface area contributed by atoms with Gasteiger partial charge in [-0.15, -0.1) is 11.3 Å². The van der Waals surface area contributed by atoms with Crippen LogP contribution in [0.25, 0.3) is 21.1 Å². The number of nitrogens with zero attached hydrogens (tertiary/aromatic N) is 3. The molecule has 5 rings (SSSR count). The van der Waals surface area contributed by atoms with Gasteiger partial charge in [0.15, 0.2) is 5.82 Å². The van der Waals surface area contributed by atoms with Crippen LogP contribution in [0, 0.1) is 0 Å². The summed E-state index contributed by atoms with van der Waals surface area (Å²) in [6.45, 7) is 0. The number of nitrogens with one attached hydrogen (secondary N) is 4. The molecule has 5 aromatic rings. The molecule has 4 heterocycles. The Balaban J connectivity index is 1.53. The number of anilines is 4. The van der Waals surface area contributed by atoms with Crippen LogP contribution >= 0.6 is 11.3 Å². The first-order valence-electron chi connectivity index (χ1n) is 8.16. The lowest BCUT2D eigenvalue weighted by Crippen LogP contribution is -2.05. The average molecular weight is 375 g/mol. The maximum Gasteiger partial charge on any atom is 0.248 e. The number of hydrogen-bond donors (Lipinski definition) is 4. The fourth-order valence-electron chi connectivity index (χ4n) is 2.78. The number of benzene rings is 1. The molecule has 8 nitrogen and oxygen atoms in total. The molecule has 0 bridgehead atoms. The predicted molar refractivity (Wildman–Crippen MR) is 107 cm³/mol. The number of hydrogen-bond acceptors (Lipinski definition) is 7. The second-order valence-corrected chi connectivity index (χ2v) is 6.81. The highest BCUT2D eigenvalue weighted by Crippen LogP contribution is 2.31. The summed E-state index contributed by atoms with van der Waals surface area (Å²) in [6.07, 6.45) is 3.37. The maximum absolute atomic E-state index is 11.2. The molecular formula is C18H13N7OS. The van der Waals surface area contributed by atoms with E-state index in [1.165, 1.54) is 6.07 Å². The second-order valence-electron chi connectivity index (χ2n) is 5.89. The molecular weight excluding hydrogens is 362 g/mol. The van der Waals surface area contributed by atoms with Gasteiger partial charge in [0, 0.05) is 23.3 Å². The van der Waals surface area contributed by atoms with Gasteiger partial charge in [0.2, 0.25) is 11.5 Å². The lowest BCUT2D eigenvalue weighted by Gasteiger charge is -2.10. The van der Waals surface area contributed by atoms with Crippen molar-refractivity contribution in [1.82, 2.24) is 25.1 Å². The summed E-state index contributed by atoms with van der Waals surface area (Å²) in [5, 5.41) is 16.5. The van der Waals surface area contributed by atoms with E-state index in [9.17, 15) is 4.79 Å². The van der Waals surface area contributed by atoms with E-state index in [1.54, 1.807) is 29.8 Å². The summed E-state index contributed by atoms with van der Waals surface area (Å²) in [6, 6.07) is 11.0. The van der Waals surface area contributed by atoms with Crippen molar-refractivity contribution in [2.24, 2.45) is 0 Å². The fraction of sp³-hybridized carbons (Fsp3) is 0. The van der Waals surface area contributed by atoms with Crippen LogP contribution in [0.2, 0.25) is 0 Å². The Morgan fingerprint density at radius 2 is 1.93 bits per heavy atom. The lowest BCUT2D eigenvalue weighted by molar-refractivity contribution is 1.12. The summed E-state index contributed by atoms with van der Waals surface area (Å²) in [5.41, 5.74) is 3.27. The summed E-state index contributed by atoms with van der Waals surface area (Å²) in [4.78, 5) is 23.0. The van der Waals surface area contributed by atoms with E-state index in [2.05, 4.69) is 35.8 Å². The van der Waals surface area contributed by atoms with Crippen molar-refractivity contribution in [3.05, 3.63) is 64.5 Å². The van der Waals surface area contributed by atoms with E-state index in [1.807, 2.05) is 29.6 Å². The van der Waals surface area contributed by atoms with Crippen molar-refractivity contribution in [2.75, 3.05) is 10.6 Å². The molecule has 9 heteroatoms. The molecule has 0 aliphatic heterocycles.